The number of hydrazone groups is 1. The summed E-state index contributed by atoms with van der Waals surface area (Å²) in [4.78, 5) is 13.9. The van der Waals surface area contributed by atoms with Crippen LogP contribution >= 0.6 is 11.8 Å². The molecule has 0 bridgehead atoms. The van der Waals surface area contributed by atoms with Crippen LogP contribution in [0, 0.1) is 11.6 Å². The van der Waals surface area contributed by atoms with Gasteiger partial charge < -0.3 is 5.32 Å². The molecule has 0 aliphatic carbocycles. The summed E-state index contributed by atoms with van der Waals surface area (Å²) in [6.07, 6.45) is 1.99. The minimum Gasteiger partial charge on any atom is -0.306 e. The Hall–Kier alpha value is -3.19. The smallest absolute Gasteiger partial charge is 0.306 e. The van der Waals surface area contributed by atoms with E-state index < -0.39 is 0 Å². The summed E-state index contributed by atoms with van der Waals surface area (Å²) in [6, 6.07) is 19.3. The molecule has 2 amide bonds. The molecule has 0 aromatic heterocycles. The van der Waals surface area contributed by atoms with E-state index in [1.807, 2.05) is 30.5 Å². The van der Waals surface area contributed by atoms with E-state index >= 15 is 0 Å². The number of amides is 2. The number of hydrogen-bond acceptors (Lipinski definition) is 3. The normalized spacial score (nSPS) is 15.8. The van der Waals surface area contributed by atoms with Gasteiger partial charge in [0, 0.05) is 16.5 Å². The van der Waals surface area contributed by atoms with Crippen LogP contribution in [-0.2, 0) is 0 Å². The van der Waals surface area contributed by atoms with Gasteiger partial charge in [-0.25, -0.2) is 18.6 Å². The average Bonchev–Trinajstić information content (AvgIpc) is 3.21. The number of hydrogen-bond donors (Lipinski definition) is 1. The van der Waals surface area contributed by atoms with Gasteiger partial charge in [0.15, 0.2) is 0 Å². The average molecular weight is 423 g/mol. The van der Waals surface area contributed by atoms with Gasteiger partial charge in [0.05, 0.1) is 12.3 Å². The molecule has 0 saturated heterocycles. The number of carbonyl (C=O) groups is 1. The second kappa shape index (κ2) is 8.67. The Balaban J connectivity index is 1.60. The molecule has 152 valence electrons. The van der Waals surface area contributed by atoms with Gasteiger partial charge in [0.1, 0.15) is 11.6 Å². The van der Waals surface area contributed by atoms with Crippen molar-refractivity contribution in [1.82, 2.24) is 5.01 Å². The maximum atomic E-state index is 13.4. The fraction of sp³-hybridized carbons (Fsp3) is 0.130. The molecular weight excluding hydrogens is 404 g/mol. The Kier molecular flexibility index (Phi) is 5.81. The number of urea groups is 1. The summed E-state index contributed by atoms with van der Waals surface area (Å²) >= 11 is 1.62. The van der Waals surface area contributed by atoms with Gasteiger partial charge in [-0.2, -0.15) is 5.10 Å². The molecule has 7 heteroatoms. The highest BCUT2D eigenvalue weighted by atomic mass is 32.2. The lowest BCUT2D eigenvalue weighted by molar-refractivity contribution is 0.218. The Morgan fingerprint density at radius 1 is 0.967 bits per heavy atom. The summed E-state index contributed by atoms with van der Waals surface area (Å²) in [5.74, 6) is -0.931. The third kappa shape index (κ3) is 4.36. The third-order valence-corrected chi connectivity index (χ3v) is 5.65. The molecule has 4 rings (SSSR count). The molecule has 0 unspecified atom stereocenters. The van der Waals surface area contributed by atoms with E-state index in [0.717, 1.165) is 10.5 Å². The molecule has 1 heterocycles. The number of rotatable bonds is 4. The fourth-order valence-corrected chi connectivity index (χ4v) is 3.74. The van der Waals surface area contributed by atoms with Crippen molar-refractivity contribution in [3.8, 4) is 0 Å². The number of benzene rings is 3. The van der Waals surface area contributed by atoms with Crippen LogP contribution in [0.2, 0.25) is 0 Å². The van der Waals surface area contributed by atoms with Gasteiger partial charge in [-0.3, -0.25) is 0 Å². The van der Waals surface area contributed by atoms with Gasteiger partial charge in [0.25, 0.3) is 0 Å². The number of nitrogens with zero attached hydrogens (tertiary/aromatic N) is 2. The highest BCUT2D eigenvalue weighted by Gasteiger charge is 2.32. The summed E-state index contributed by atoms with van der Waals surface area (Å²) in [6.45, 7) is 0.299. The van der Waals surface area contributed by atoms with Crippen LogP contribution in [0.15, 0.2) is 82.8 Å². The topological polar surface area (TPSA) is 44.7 Å². The number of thioether (sulfide) groups is 1. The lowest BCUT2D eigenvalue weighted by Gasteiger charge is -2.16. The fourth-order valence-electron chi connectivity index (χ4n) is 3.33. The van der Waals surface area contributed by atoms with Gasteiger partial charge in [-0.1, -0.05) is 24.3 Å². The van der Waals surface area contributed by atoms with Gasteiger partial charge >= 0.3 is 6.03 Å². The first-order chi connectivity index (χ1) is 14.5. The first kappa shape index (κ1) is 20.1. The lowest BCUT2D eigenvalue weighted by atomic mass is 9.90. The predicted molar refractivity (Wildman–Crippen MR) is 116 cm³/mol. The van der Waals surface area contributed by atoms with Gasteiger partial charge in [0.2, 0.25) is 0 Å². The van der Waals surface area contributed by atoms with Crippen LogP contribution < -0.4 is 5.32 Å². The SMILES string of the molecule is CSc1ccc(NC(=O)N2C[C@@H](c3ccc(F)cc3)C(c3ccc(F)cc3)=N2)cc1. The van der Waals surface area contributed by atoms with Crippen molar-refractivity contribution in [3.63, 3.8) is 0 Å². The molecule has 0 fully saturated rings. The highest BCUT2D eigenvalue weighted by Crippen LogP contribution is 2.29. The summed E-state index contributed by atoms with van der Waals surface area (Å²) in [5, 5.41) is 8.72. The maximum Gasteiger partial charge on any atom is 0.342 e. The highest BCUT2D eigenvalue weighted by molar-refractivity contribution is 7.98. The van der Waals surface area contributed by atoms with Crippen LogP contribution in [0.25, 0.3) is 0 Å². The van der Waals surface area contributed by atoms with E-state index in [1.54, 1.807) is 36.0 Å². The number of nitrogens with one attached hydrogen (secondary N) is 1. The first-order valence-corrected chi connectivity index (χ1v) is 10.6. The molecule has 30 heavy (non-hydrogen) atoms. The van der Waals surface area contributed by atoms with Crippen molar-refractivity contribution >= 4 is 29.2 Å². The molecule has 1 N–H and O–H groups in total. The predicted octanol–water partition coefficient (Wildman–Crippen LogP) is 5.72. The quantitative estimate of drug-likeness (QED) is 0.545. The van der Waals surface area contributed by atoms with E-state index in [4.69, 9.17) is 0 Å². The standard InChI is InChI=1S/C23H19F2N3OS/c1-30-20-12-10-19(11-13-20)26-23(29)28-14-21(15-2-6-17(24)7-3-15)22(27-28)16-4-8-18(25)9-5-16/h2-13,21H,14H2,1H3,(H,26,29)/t21-/m0/s1. The van der Waals surface area contributed by atoms with Gasteiger partial charge in [-0.05, 0) is 65.9 Å². The van der Waals surface area contributed by atoms with Crippen molar-refractivity contribution in [2.45, 2.75) is 10.8 Å². The van der Waals surface area contributed by atoms with E-state index in [2.05, 4.69) is 10.4 Å². The largest absolute Gasteiger partial charge is 0.342 e. The molecule has 1 aliphatic heterocycles. The summed E-state index contributed by atoms with van der Waals surface area (Å²) < 4.78 is 26.8. The van der Waals surface area contributed by atoms with Crippen LogP contribution in [0.3, 0.4) is 0 Å². The minimum absolute atomic E-state index is 0.249. The summed E-state index contributed by atoms with van der Waals surface area (Å²) in [5.41, 5.74) is 2.85. The van der Waals surface area contributed by atoms with Crippen molar-refractivity contribution in [2.24, 2.45) is 5.10 Å². The second-order valence-electron chi connectivity index (χ2n) is 6.84. The van der Waals surface area contributed by atoms with E-state index in [-0.39, 0.29) is 23.6 Å². The van der Waals surface area contributed by atoms with Crippen LogP contribution in [-0.4, -0.2) is 29.6 Å². The zero-order chi connectivity index (χ0) is 21.1. The van der Waals surface area contributed by atoms with E-state index in [0.29, 0.717) is 23.5 Å². The molecule has 0 radical (unpaired) electrons. The van der Waals surface area contributed by atoms with Crippen molar-refractivity contribution in [1.29, 1.82) is 0 Å². The molecule has 1 aliphatic rings. The number of halogens is 2. The Morgan fingerprint density at radius 2 is 1.57 bits per heavy atom. The van der Waals surface area contributed by atoms with Gasteiger partial charge in [-0.15, -0.1) is 11.8 Å². The summed E-state index contributed by atoms with van der Waals surface area (Å²) in [7, 11) is 0. The zero-order valence-electron chi connectivity index (χ0n) is 16.2. The molecule has 4 nitrogen and oxygen atoms in total. The molecule has 3 aromatic carbocycles. The van der Waals surface area contributed by atoms with Crippen LogP contribution in [0.1, 0.15) is 17.0 Å². The minimum atomic E-state index is -0.365. The van der Waals surface area contributed by atoms with Crippen LogP contribution in [0.5, 0.6) is 0 Å². The Bertz CT molecular complexity index is 1070. The third-order valence-electron chi connectivity index (χ3n) is 4.90. The molecule has 1 atom stereocenters. The van der Waals surface area contributed by atoms with Crippen LogP contribution in [0.4, 0.5) is 19.3 Å². The molecular formula is C23H19F2N3OS. The second-order valence-corrected chi connectivity index (χ2v) is 7.72. The van der Waals surface area contributed by atoms with E-state index in [9.17, 15) is 13.6 Å². The van der Waals surface area contributed by atoms with E-state index in [1.165, 1.54) is 29.3 Å². The van der Waals surface area contributed by atoms with Crippen molar-refractivity contribution in [2.75, 3.05) is 18.1 Å². The lowest BCUT2D eigenvalue weighted by Crippen LogP contribution is -2.30. The maximum absolute atomic E-state index is 13.4. The van der Waals surface area contributed by atoms with Crippen molar-refractivity contribution < 1.29 is 13.6 Å². The van der Waals surface area contributed by atoms with Crippen molar-refractivity contribution in [3.05, 3.63) is 95.6 Å². The Labute approximate surface area is 177 Å². The number of anilines is 1. The monoisotopic (exact) mass is 423 g/mol. The zero-order valence-corrected chi connectivity index (χ0v) is 17.0. The number of carbonyl (C=O) groups excluding carboxylic acids is 1. The first-order valence-electron chi connectivity index (χ1n) is 9.36. The molecule has 0 saturated carbocycles. The molecule has 0 spiro atoms. The molecule has 3 aromatic rings. The Morgan fingerprint density at radius 3 is 2.17 bits per heavy atom.